The Balaban J connectivity index is 1.85. The van der Waals surface area contributed by atoms with Crippen molar-refractivity contribution < 1.29 is 19.0 Å². The Kier molecular flexibility index (Phi) is 4.91. The van der Waals surface area contributed by atoms with Crippen LogP contribution in [0.2, 0.25) is 0 Å². The first kappa shape index (κ1) is 19.9. The summed E-state index contributed by atoms with van der Waals surface area (Å²) < 4.78 is 17.7. The van der Waals surface area contributed by atoms with Gasteiger partial charge in [0, 0.05) is 27.5 Å². The lowest BCUT2D eigenvalue weighted by Crippen LogP contribution is -2.34. The molecule has 5 rings (SSSR count). The van der Waals surface area contributed by atoms with Gasteiger partial charge in [-0.3, -0.25) is 0 Å². The molecule has 0 saturated heterocycles. The highest BCUT2D eigenvalue weighted by molar-refractivity contribution is 6.08. The van der Waals surface area contributed by atoms with Crippen molar-refractivity contribution in [1.29, 1.82) is 0 Å². The first-order valence-electron chi connectivity index (χ1n) is 10.4. The third kappa shape index (κ3) is 2.95. The van der Waals surface area contributed by atoms with Gasteiger partial charge in [-0.2, -0.15) is 0 Å². The van der Waals surface area contributed by atoms with Gasteiger partial charge in [-0.05, 0) is 12.2 Å². The summed E-state index contributed by atoms with van der Waals surface area (Å²) >= 11 is 0. The highest BCUT2D eigenvalue weighted by Gasteiger charge is 2.39. The van der Waals surface area contributed by atoms with Gasteiger partial charge in [0.2, 0.25) is 0 Å². The summed E-state index contributed by atoms with van der Waals surface area (Å²) in [5.74, 6) is 0.632. The van der Waals surface area contributed by atoms with Crippen LogP contribution in [0.25, 0.3) is 16.8 Å². The Bertz CT molecular complexity index is 1280. The van der Waals surface area contributed by atoms with Crippen molar-refractivity contribution in [3.05, 3.63) is 113 Å². The van der Waals surface area contributed by atoms with E-state index in [0.717, 1.165) is 21.9 Å². The van der Waals surface area contributed by atoms with Gasteiger partial charge >= 0.3 is 5.97 Å². The average molecular weight is 422 g/mol. The molecular weight excluding hydrogens is 400 g/mol. The molecule has 32 heavy (non-hydrogen) atoms. The third-order valence-corrected chi connectivity index (χ3v) is 5.90. The van der Waals surface area contributed by atoms with Crippen molar-refractivity contribution in [2.75, 3.05) is 14.2 Å². The van der Waals surface area contributed by atoms with Crippen LogP contribution in [0.15, 0.2) is 91.0 Å². The Labute approximate surface area is 186 Å². The van der Waals surface area contributed by atoms with Crippen molar-refractivity contribution in [3.63, 3.8) is 0 Å². The first-order valence-corrected chi connectivity index (χ1v) is 10.4. The molecule has 0 atom stereocenters. The van der Waals surface area contributed by atoms with Gasteiger partial charge in [-0.1, -0.05) is 84.9 Å². The number of ether oxygens (including phenoxy) is 3. The van der Waals surface area contributed by atoms with Gasteiger partial charge in [-0.15, -0.1) is 0 Å². The highest BCUT2D eigenvalue weighted by Crippen LogP contribution is 2.49. The second-order valence-corrected chi connectivity index (χ2v) is 7.59. The lowest BCUT2D eigenvalue weighted by Gasteiger charge is -2.37. The van der Waals surface area contributed by atoms with Gasteiger partial charge in [0.25, 0.3) is 0 Å². The van der Waals surface area contributed by atoms with E-state index in [1.807, 2.05) is 72.8 Å². The standard InChI is InChI=1S/C28H22O4/c1-30-26-22-16-10-9-15-21(22)25-23(24(26)27(29)31-2)17-18-28(32-25,19-11-5-3-6-12-19)20-13-7-4-8-14-20/h3-18H,1-2H3. The second-order valence-electron chi connectivity index (χ2n) is 7.59. The van der Waals surface area contributed by atoms with Crippen LogP contribution in [0.1, 0.15) is 27.0 Å². The highest BCUT2D eigenvalue weighted by atomic mass is 16.5. The number of carbonyl (C=O) groups is 1. The average Bonchev–Trinajstić information content (AvgIpc) is 2.88. The van der Waals surface area contributed by atoms with E-state index >= 15 is 0 Å². The molecule has 0 spiro atoms. The molecule has 0 aromatic heterocycles. The van der Waals surface area contributed by atoms with Crippen molar-refractivity contribution in [3.8, 4) is 11.5 Å². The molecule has 0 amide bonds. The zero-order chi connectivity index (χ0) is 22.1. The maximum Gasteiger partial charge on any atom is 0.342 e. The van der Waals surface area contributed by atoms with E-state index in [0.29, 0.717) is 22.6 Å². The number of carbonyl (C=O) groups excluding carboxylic acids is 1. The van der Waals surface area contributed by atoms with E-state index in [-0.39, 0.29) is 0 Å². The topological polar surface area (TPSA) is 44.8 Å². The number of benzene rings is 4. The Morgan fingerprint density at radius 3 is 1.91 bits per heavy atom. The number of hydrogen-bond acceptors (Lipinski definition) is 4. The van der Waals surface area contributed by atoms with Crippen LogP contribution < -0.4 is 9.47 Å². The molecule has 0 saturated carbocycles. The van der Waals surface area contributed by atoms with Crippen LogP contribution >= 0.6 is 0 Å². The zero-order valence-electron chi connectivity index (χ0n) is 17.9. The van der Waals surface area contributed by atoms with E-state index < -0.39 is 11.6 Å². The molecule has 0 radical (unpaired) electrons. The molecule has 4 heteroatoms. The molecule has 1 aliphatic heterocycles. The Hall–Kier alpha value is -4.05. The Morgan fingerprint density at radius 1 is 0.781 bits per heavy atom. The van der Waals surface area contributed by atoms with Gasteiger partial charge < -0.3 is 14.2 Å². The fourth-order valence-electron chi connectivity index (χ4n) is 4.42. The molecule has 0 bridgehead atoms. The molecule has 4 nitrogen and oxygen atoms in total. The largest absolute Gasteiger partial charge is 0.495 e. The van der Waals surface area contributed by atoms with Crippen LogP contribution in [0, 0.1) is 0 Å². The molecule has 0 unspecified atom stereocenters. The molecule has 4 aromatic rings. The van der Waals surface area contributed by atoms with Crippen molar-refractivity contribution in [2.45, 2.75) is 5.60 Å². The van der Waals surface area contributed by atoms with Crippen LogP contribution in [-0.2, 0) is 10.3 Å². The predicted octanol–water partition coefficient (Wildman–Crippen LogP) is 5.98. The number of hydrogen-bond donors (Lipinski definition) is 0. The van der Waals surface area contributed by atoms with Gasteiger partial charge in [0.15, 0.2) is 5.60 Å². The van der Waals surface area contributed by atoms with Gasteiger partial charge in [-0.25, -0.2) is 4.79 Å². The Morgan fingerprint density at radius 2 is 1.34 bits per heavy atom. The predicted molar refractivity (Wildman–Crippen MR) is 125 cm³/mol. The number of esters is 1. The SMILES string of the molecule is COC(=O)c1c2c(c3ccccc3c1OC)OC(c1ccccc1)(c1ccccc1)C=C2. The fourth-order valence-corrected chi connectivity index (χ4v) is 4.42. The van der Waals surface area contributed by atoms with Crippen molar-refractivity contribution in [2.24, 2.45) is 0 Å². The van der Waals surface area contributed by atoms with Gasteiger partial charge in [0.1, 0.15) is 17.1 Å². The number of methoxy groups -OCH3 is 2. The molecule has 0 aliphatic carbocycles. The van der Waals surface area contributed by atoms with E-state index in [2.05, 4.69) is 24.3 Å². The van der Waals surface area contributed by atoms with E-state index in [1.54, 1.807) is 7.11 Å². The van der Waals surface area contributed by atoms with Gasteiger partial charge in [0.05, 0.1) is 14.2 Å². The van der Waals surface area contributed by atoms with Crippen molar-refractivity contribution in [1.82, 2.24) is 0 Å². The molecule has 1 heterocycles. The third-order valence-electron chi connectivity index (χ3n) is 5.90. The van der Waals surface area contributed by atoms with E-state index in [9.17, 15) is 4.79 Å². The van der Waals surface area contributed by atoms with E-state index in [1.165, 1.54) is 7.11 Å². The normalized spacial score (nSPS) is 13.8. The number of fused-ring (bicyclic) bond motifs is 3. The lowest BCUT2D eigenvalue weighted by molar-refractivity contribution is 0.0595. The zero-order valence-corrected chi connectivity index (χ0v) is 17.9. The van der Waals surface area contributed by atoms with Crippen molar-refractivity contribution >= 4 is 22.8 Å². The minimum Gasteiger partial charge on any atom is -0.495 e. The summed E-state index contributed by atoms with van der Waals surface area (Å²) in [7, 11) is 2.93. The van der Waals surface area contributed by atoms with E-state index in [4.69, 9.17) is 14.2 Å². The van der Waals surface area contributed by atoms with Crippen LogP contribution in [0.3, 0.4) is 0 Å². The molecule has 4 aromatic carbocycles. The first-order chi connectivity index (χ1) is 15.7. The maximum atomic E-state index is 12.8. The maximum absolute atomic E-state index is 12.8. The summed E-state index contributed by atoms with van der Waals surface area (Å²) in [4.78, 5) is 12.8. The monoisotopic (exact) mass is 422 g/mol. The fraction of sp³-hybridized carbons (Fsp3) is 0.107. The smallest absolute Gasteiger partial charge is 0.342 e. The quantitative estimate of drug-likeness (QED) is 0.379. The summed E-state index contributed by atoms with van der Waals surface area (Å²) in [6.45, 7) is 0. The number of rotatable bonds is 4. The summed E-state index contributed by atoms with van der Waals surface area (Å²) in [5.41, 5.74) is 2.14. The van der Waals surface area contributed by atoms with Crippen LogP contribution in [-0.4, -0.2) is 20.2 Å². The summed E-state index contributed by atoms with van der Waals surface area (Å²) in [6, 6.07) is 27.9. The molecule has 1 aliphatic rings. The van der Waals surface area contributed by atoms with Crippen LogP contribution in [0.5, 0.6) is 11.5 Å². The summed E-state index contributed by atoms with van der Waals surface area (Å²) in [5, 5.41) is 1.66. The lowest BCUT2D eigenvalue weighted by atomic mass is 9.82. The second kappa shape index (κ2) is 7.89. The summed E-state index contributed by atoms with van der Waals surface area (Å²) in [6.07, 6.45) is 3.95. The minimum atomic E-state index is -0.847. The molecule has 0 fully saturated rings. The molecular formula is C28H22O4. The molecule has 0 N–H and O–H groups in total. The molecule has 158 valence electrons. The minimum absolute atomic E-state index is 0.356. The van der Waals surface area contributed by atoms with Crippen LogP contribution in [0.4, 0.5) is 0 Å².